The normalized spacial score (nSPS) is 11.7. The van der Waals surface area contributed by atoms with Gasteiger partial charge in [0.05, 0.1) is 12.0 Å². The number of ether oxygens (including phenoxy) is 1. The summed E-state index contributed by atoms with van der Waals surface area (Å²) in [6, 6.07) is 0. The van der Waals surface area contributed by atoms with Gasteiger partial charge < -0.3 is 9.84 Å². The van der Waals surface area contributed by atoms with E-state index in [2.05, 4.69) is 25.7 Å². The van der Waals surface area contributed by atoms with Gasteiger partial charge in [0.1, 0.15) is 10.4 Å². The summed E-state index contributed by atoms with van der Waals surface area (Å²) < 4.78 is 64.9. The van der Waals surface area contributed by atoms with E-state index in [0.717, 1.165) is 0 Å². The molecule has 0 radical (unpaired) electrons. The number of carboxylic acid groups (broad SMARTS) is 1. The van der Waals surface area contributed by atoms with E-state index < -0.39 is 42.1 Å². The molecule has 19 heavy (non-hydrogen) atoms. The first-order valence-corrected chi connectivity index (χ1v) is 5.34. The van der Waals surface area contributed by atoms with Crippen molar-refractivity contribution in [1.29, 1.82) is 0 Å². The molecule has 0 aliphatic heterocycles. The van der Waals surface area contributed by atoms with Crippen LogP contribution in [0.1, 0.15) is 17.6 Å². The van der Waals surface area contributed by atoms with E-state index in [1.165, 1.54) is 0 Å². The predicted molar refractivity (Wildman–Crippen MR) is 54.9 cm³/mol. The third kappa shape index (κ3) is 4.30. The number of carbonyl (C=O) groups is 1. The molecule has 1 aromatic rings. The second kappa shape index (κ2) is 5.68. The van der Waals surface area contributed by atoms with Gasteiger partial charge in [-0.1, -0.05) is 0 Å². The Morgan fingerprint density at radius 2 is 2.05 bits per heavy atom. The Labute approximate surface area is 111 Å². The van der Waals surface area contributed by atoms with Gasteiger partial charge in [-0.3, -0.25) is 4.79 Å². The van der Waals surface area contributed by atoms with E-state index in [0.29, 0.717) is 6.20 Å². The maximum Gasteiger partial charge on any atom is 0.573 e. The second-order valence-corrected chi connectivity index (χ2v) is 3.98. The van der Waals surface area contributed by atoms with Crippen molar-refractivity contribution in [2.75, 3.05) is 0 Å². The first-order chi connectivity index (χ1) is 8.61. The molecule has 0 aliphatic carbocycles. The predicted octanol–water partition coefficient (Wildman–Crippen LogP) is 3.31. The highest BCUT2D eigenvalue weighted by molar-refractivity contribution is 9.10. The highest BCUT2D eigenvalue weighted by Gasteiger charge is 2.35. The van der Waals surface area contributed by atoms with Crippen LogP contribution in [0.4, 0.5) is 22.0 Å². The standard InChI is InChI=1S/C9H5BrF5NO3/c10-7-3(1-5(17)18)6(19-9(13,14)15)4(2-16-7)8(11)12/h2,8H,1H2,(H,17,18). The highest BCUT2D eigenvalue weighted by atomic mass is 79.9. The lowest BCUT2D eigenvalue weighted by Gasteiger charge is -2.16. The van der Waals surface area contributed by atoms with Gasteiger partial charge in [0.15, 0.2) is 0 Å². The summed E-state index contributed by atoms with van der Waals surface area (Å²) in [6.45, 7) is 0. The zero-order valence-corrected chi connectivity index (χ0v) is 10.4. The van der Waals surface area contributed by atoms with Crippen LogP contribution in [0.3, 0.4) is 0 Å². The molecule has 1 N–H and O–H groups in total. The van der Waals surface area contributed by atoms with E-state index in [1.54, 1.807) is 0 Å². The number of aromatic nitrogens is 1. The number of pyridine rings is 1. The number of halogens is 6. The third-order valence-corrected chi connectivity index (χ3v) is 2.57. The Balaban J connectivity index is 3.40. The molecular formula is C9H5BrF5NO3. The van der Waals surface area contributed by atoms with Crippen LogP contribution >= 0.6 is 15.9 Å². The van der Waals surface area contributed by atoms with Gasteiger partial charge >= 0.3 is 12.3 Å². The molecule has 0 amide bonds. The molecule has 106 valence electrons. The van der Waals surface area contributed by atoms with E-state index in [9.17, 15) is 26.7 Å². The molecule has 0 unspecified atom stereocenters. The average Bonchev–Trinajstić information content (AvgIpc) is 2.20. The van der Waals surface area contributed by atoms with Gasteiger partial charge in [0.2, 0.25) is 0 Å². The molecule has 0 bridgehead atoms. The zero-order valence-electron chi connectivity index (χ0n) is 8.84. The Kier molecular flexibility index (Phi) is 4.66. The Morgan fingerprint density at radius 3 is 2.47 bits per heavy atom. The fraction of sp³-hybridized carbons (Fsp3) is 0.333. The van der Waals surface area contributed by atoms with Gasteiger partial charge in [-0.25, -0.2) is 13.8 Å². The Bertz CT molecular complexity index is 491. The van der Waals surface area contributed by atoms with Crippen LogP contribution in [-0.2, 0) is 11.2 Å². The Hall–Kier alpha value is -1.45. The summed E-state index contributed by atoms with van der Waals surface area (Å²) in [6.07, 6.45) is -8.97. The van der Waals surface area contributed by atoms with Crippen molar-refractivity contribution in [1.82, 2.24) is 4.98 Å². The molecule has 1 heterocycles. The van der Waals surface area contributed by atoms with Gasteiger partial charge in [-0.2, -0.15) is 0 Å². The van der Waals surface area contributed by atoms with Gasteiger partial charge in [0.25, 0.3) is 6.43 Å². The van der Waals surface area contributed by atoms with Crippen LogP contribution in [0.25, 0.3) is 0 Å². The Morgan fingerprint density at radius 1 is 1.47 bits per heavy atom. The maximum absolute atomic E-state index is 12.6. The van der Waals surface area contributed by atoms with E-state index >= 15 is 0 Å². The molecule has 0 fully saturated rings. The smallest absolute Gasteiger partial charge is 0.481 e. The van der Waals surface area contributed by atoms with Crippen LogP contribution in [-0.4, -0.2) is 22.4 Å². The average molecular weight is 350 g/mol. The summed E-state index contributed by atoms with van der Waals surface area (Å²) in [5.74, 6) is -2.76. The van der Waals surface area contributed by atoms with Gasteiger partial charge in [0, 0.05) is 11.8 Å². The molecule has 0 spiro atoms. The molecule has 10 heteroatoms. The topological polar surface area (TPSA) is 59.4 Å². The highest BCUT2D eigenvalue weighted by Crippen LogP contribution is 2.38. The van der Waals surface area contributed by atoms with E-state index in [1.807, 2.05) is 0 Å². The molecule has 0 aromatic carbocycles. The minimum Gasteiger partial charge on any atom is -0.481 e. The first-order valence-electron chi connectivity index (χ1n) is 4.54. The van der Waals surface area contributed by atoms with E-state index in [4.69, 9.17) is 5.11 Å². The van der Waals surface area contributed by atoms with Crippen LogP contribution in [0.15, 0.2) is 10.8 Å². The SMILES string of the molecule is O=C(O)Cc1c(Br)ncc(C(F)F)c1OC(F)(F)F. The lowest BCUT2D eigenvalue weighted by molar-refractivity contribution is -0.275. The molecule has 0 saturated heterocycles. The van der Waals surface area contributed by atoms with Crippen molar-refractivity contribution >= 4 is 21.9 Å². The molecule has 1 rings (SSSR count). The number of nitrogens with zero attached hydrogens (tertiary/aromatic N) is 1. The number of hydrogen-bond donors (Lipinski definition) is 1. The van der Waals surface area contributed by atoms with Crippen LogP contribution in [0.5, 0.6) is 5.75 Å². The van der Waals surface area contributed by atoms with Crippen molar-refractivity contribution in [2.24, 2.45) is 0 Å². The van der Waals surface area contributed by atoms with Crippen LogP contribution < -0.4 is 4.74 Å². The van der Waals surface area contributed by atoms with Crippen molar-refractivity contribution in [3.8, 4) is 5.75 Å². The number of hydrogen-bond acceptors (Lipinski definition) is 3. The first kappa shape index (κ1) is 15.6. The summed E-state index contributed by atoms with van der Waals surface area (Å²) in [5, 5.41) is 8.57. The summed E-state index contributed by atoms with van der Waals surface area (Å²) >= 11 is 2.70. The van der Waals surface area contributed by atoms with Crippen LogP contribution in [0.2, 0.25) is 0 Å². The minimum absolute atomic E-state index is 0.307. The fourth-order valence-corrected chi connectivity index (χ4v) is 1.65. The molecular weight excluding hydrogens is 345 g/mol. The summed E-state index contributed by atoms with van der Waals surface area (Å²) in [4.78, 5) is 13.9. The minimum atomic E-state index is -5.22. The number of alkyl halides is 5. The molecule has 0 saturated carbocycles. The summed E-state index contributed by atoms with van der Waals surface area (Å²) in [5.41, 5.74) is -1.74. The monoisotopic (exact) mass is 349 g/mol. The number of rotatable bonds is 4. The van der Waals surface area contributed by atoms with Crippen molar-refractivity contribution in [3.05, 3.63) is 21.9 Å². The second-order valence-electron chi connectivity index (χ2n) is 3.23. The van der Waals surface area contributed by atoms with Crippen molar-refractivity contribution < 1.29 is 36.6 Å². The zero-order chi connectivity index (χ0) is 14.8. The van der Waals surface area contributed by atoms with Gasteiger partial charge in [-0.05, 0) is 15.9 Å². The third-order valence-electron chi connectivity index (χ3n) is 1.88. The number of carboxylic acids is 1. The molecule has 0 atom stereocenters. The maximum atomic E-state index is 12.6. The largest absolute Gasteiger partial charge is 0.573 e. The van der Waals surface area contributed by atoms with Crippen LogP contribution in [0, 0.1) is 0 Å². The number of aliphatic carboxylic acids is 1. The lowest BCUT2D eigenvalue weighted by Crippen LogP contribution is -2.20. The molecule has 0 aliphatic rings. The fourth-order valence-electron chi connectivity index (χ4n) is 1.23. The van der Waals surface area contributed by atoms with E-state index in [-0.39, 0.29) is 4.60 Å². The quantitative estimate of drug-likeness (QED) is 0.669. The molecule has 4 nitrogen and oxygen atoms in total. The van der Waals surface area contributed by atoms with Crippen molar-refractivity contribution in [3.63, 3.8) is 0 Å². The van der Waals surface area contributed by atoms with Gasteiger partial charge in [-0.15, -0.1) is 13.2 Å². The van der Waals surface area contributed by atoms with Crippen molar-refractivity contribution in [2.45, 2.75) is 19.2 Å². The molecule has 1 aromatic heterocycles. The lowest BCUT2D eigenvalue weighted by atomic mass is 10.1. The summed E-state index contributed by atoms with van der Waals surface area (Å²) in [7, 11) is 0.